The maximum atomic E-state index is 11.3. The molecule has 3 amide bonds. The van der Waals surface area contributed by atoms with Gasteiger partial charge in [-0.2, -0.15) is 8.78 Å². The number of alkyl halides is 2. The van der Waals surface area contributed by atoms with E-state index in [9.17, 15) is 28.3 Å². The number of nitrogens with one attached hydrogen (secondary N) is 3. The molecule has 240 valence electrons. The van der Waals surface area contributed by atoms with Crippen molar-refractivity contribution in [3.63, 3.8) is 0 Å². The topological polar surface area (TPSA) is 148 Å². The molecule has 1 aliphatic heterocycles. The van der Waals surface area contributed by atoms with Crippen molar-refractivity contribution < 1.29 is 33.4 Å². The number of halogens is 2. The lowest BCUT2D eigenvalue weighted by molar-refractivity contribution is -0.131. The summed E-state index contributed by atoms with van der Waals surface area (Å²) in [6.07, 6.45) is 6.91. The fraction of sp³-hybridized carbons (Fsp3) is 0.333. The van der Waals surface area contributed by atoms with Gasteiger partial charge >= 0.3 is 6.61 Å². The summed E-state index contributed by atoms with van der Waals surface area (Å²) in [5.74, 6) is 0.0205. The van der Waals surface area contributed by atoms with E-state index in [2.05, 4.69) is 45.7 Å². The first kappa shape index (κ1) is 34.8. The highest BCUT2D eigenvalue weighted by Crippen LogP contribution is 2.47. The van der Waals surface area contributed by atoms with Crippen LogP contribution in [0, 0.1) is 6.92 Å². The van der Waals surface area contributed by atoms with E-state index in [0.29, 0.717) is 25.4 Å². The number of nitrogens with zero attached hydrogens (tertiary/aromatic N) is 2. The van der Waals surface area contributed by atoms with Crippen LogP contribution in [-0.2, 0) is 26.5 Å². The second-order valence-electron chi connectivity index (χ2n) is 10.8. The maximum Gasteiger partial charge on any atom is 0.342 e. The quantitative estimate of drug-likeness (QED) is 0.205. The third kappa shape index (κ3) is 9.40. The normalized spacial score (nSPS) is 17.4. The molecule has 2 aromatic carbocycles. The zero-order chi connectivity index (χ0) is 33.0. The molecule has 2 unspecified atom stereocenters. The van der Waals surface area contributed by atoms with Crippen LogP contribution in [0.15, 0.2) is 67.0 Å². The van der Waals surface area contributed by atoms with E-state index in [-0.39, 0.29) is 12.5 Å². The van der Waals surface area contributed by atoms with Crippen LogP contribution < -0.4 is 10.6 Å². The lowest BCUT2D eigenvalue weighted by Crippen LogP contribution is -2.39. The van der Waals surface area contributed by atoms with Crippen LogP contribution >= 0.6 is 0 Å². The number of carbonyl (C=O) groups is 3. The highest BCUT2D eigenvalue weighted by molar-refractivity contribution is 5.81. The minimum absolute atomic E-state index is 0.0205. The molecule has 0 saturated carbocycles. The number of H-pyrrole nitrogens is 1. The smallest absolute Gasteiger partial charge is 0.342 e. The van der Waals surface area contributed by atoms with Gasteiger partial charge in [0.1, 0.15) is 5.60 Å². The highest BCUT2D eigenvalue weighted by Gasteiger charge is 2.36. The second-order valence-corrected chi connectivity index (χ2v) is 10.8. The first-order chi connectivity index (χ1) is 21.5. The minimum atomic E-state index is -3.17. The van der Waals surface area contributed by atoms with Gasteiger partial charge in [-0.25, -0.2) is 0 Å². The highest BCUT2D eigenvalue weighted by atomic mass is 19.3. The number of aromatic nitrogens is 2. The first-order valence-corrected chi connectivity index (χ1v) is 14.4. The van der Waals surface area contributed by atoms with Gasteiger partial charge in [-0.15, -0.1) is 0 Å². The summed E-state index contributed by atoms with van der Waals surface area (Å²) in [4.78, 5) is 40.3. The van der Waals surface area contributed by atoms with Crippen molar-refractivity contribution in [3.05, 3.63) is 89.4 Å². The van der Waals surface area contributed by atoms with E-state index in [1.54, 1.807) is 12.4 Å². The Labute approximate surface area is 260 Å². The van der Waals surface area contributed by atoms with Crippen molar-refractivity contribution in [1.29, 1.82) is 0 Å². The van der Waals surface area contributed by atoms with Gasteiger partial charge in [0.15, 0.2) is 0 Å². The first-order valence-electron chi connectivity index (χ1n) is 14.4. The molecule has 0 bridgehead atoms. The summed E-state index contributed by atoms with van der Waals surface area (Å²) in [5.41, 5.74) is 6.75. The number of carbonyl (C=O) groups excluding carboxylic acids is 3. The number of aryl methyl sites for hydroxylation is 1. The molecule has 2 aromatic heterocycles. The number of aliphatic hydroxyl groups excluding tert-OH is 1. The second kappa shape index (κ2) is 16.4. The largest absolute Gasteiger partial charge is 0.381 e. The monoisotopic (exact) mass is 623 g/mol. The Bertz CT molecular complexity index is 1540. The summed E-state index contributed by atoms with van der Waals surface area (Å²) in [5, 5.41) is 23.3. The van der Waals surface area contributed by atoms with E-state index in [4.69, 9.17) is 5.11 Å². The van der Waals surface area contributed by atoms with Gasteiger partial charge in [0, 0.05) is 41.6 Å². The average molecular weight is 624 g/mol. The molecule has 2 aliphatic rings. The number of hydrogen-bond acceptors (Lipinski definition) is 6. The number of rotatable bonds is 6. The Balaban J connectivity index is 0.000000176. The predicted molar refractivity (Wildman–Crippen MR) is 167 cm³/mol. The Morgan fingerprint density at radius 1 is 1.11 bits per heavy atom. The molecule has 1 fully saturated rings. The van der Waals surface area contributed by atoms with Crippen molar-refractivity contribution in [2.24, 2.45) is 0 Å². The number of fused-ring (bicyclic) bond motifs is 4. The molecule has 3 heterocycles. The maximum absolute atomic E-state index is 11.3. The fourth-order valence-corrected chi connectivity index (χ4v) is 5.41. The van der Waals surface area contributed by atoms with Crippen molar-refractivity contribution in [1.82, 2.24) is 25.5 Å². The summed E-state index contributed by atoms with van der Waals surface area (Å²) in [6, 6.07) is 18.5. The van der Waals surface area contributed by atoms with Crippen molar-refractivity contribution >= 4 is 29.6 Å². The molecule has 1 aliphatic carbocycles. The van der Waals surface area contributed by atoms with Crippen LogP contribution in [-0.4, -0.2) is 69.6 Å². The molecule has 2 atom stereocenters. The molecule has 12 heteroatoms. The van der Waals surface area contributed by atoms with Crippen molar-refractivity contribution in [3.8, 4) is 11.1 Å². The number of aliphatic hydroxyl groups is 2. The number of aromatic amines is 1. The lowest BCUT2D eigenvalue weighted by atomic mass is 9.93. The molecule has 6 rings (SSSR count). The molecule has 4 aromatic rings. The van der Waals surface area contributed by atoms with Gasteiger partial charge in [-0.3, -0.25) is 19.4 Å². The summed E-state index contributed by atoms with van der Waals surface area (Å²) in [6.45, 7) is 4.31. The molecule has 5 N–H and O–H groups in total. The molecular weight excluding hydrogens is 584 g/mol. The molecule has 0 spiro atoms. The molecule has 0 radical (unpaired) electrons. The zero-order valence-electron chi connectivity index (χ0n) is 25.5. The van der Waals surface area contributed by atoms with Crippen LogP contribution in [0.5, 0.6) is 0 Å². The lowest BCUT2D eigenvalue weighted by Gasteiger charge is -2.20. The average Bonchev–Trinajstić information content (AvgIpc) is 3.69. The molecular formula is C33H39F2N5O5. The Hall–Kier alpha value is -4.68. The molecule has 1 saturated heterocycles. The van der Waals surface area contributed by atoms with Crippen LogP contribution in [0.25, 0.3) is 22.0 Å². The minimum Gasteiger partial charge on any atom is -0.381 e. The van der Waals surface area contributed by atoms with Gasteiger partial charge in [0.05, 0.1) is 13.1 Å². The van der Waals surface area contributed by atoms with Crippen LogP contribution in [0.4, 0.5) is 8.78 Å². The van der Waals surface area contributed by atoms with E-state index in [0.717, 1.165) is 52.7 Å². The van der Waals surface area contributed by atoms with E-state index < -0.39 is 12.2 Å². The number of benzene rings is 2. The van der Waals surface area contributed by atoms with E-state index >= 15 is 0 Å². The van der Waals surface area contributed by atoms with E-state index in [1.807, 2.05) is 55.1 Å². The SMILES string of the molecule is CC1CCCN1C(=O)CNC=O.Cc1ccc2c(c1)-c1ccccc1C2(C)O.O=CNCc1cc2cnccc2[nH]1.OC(F)F. The summed E-state index contributed by atoms with van der Waals surface area (Å²) < 4.78 is 19.8. The third-order valence-corrected chi connectivity index (χ3v) is 7.50. The fourth-order valence-electron chi connectivity index (χ4n) is 5.41. The van der Waals surface area contributed by atoms with Crippen LogP contribution in [0.2, 0.25) is 0 Å². The number of amides is 3. The van der Waals surface area contributed by atoms with Crippen molar-refractivity contribution in [2.45, 2.75) is 58.4 Å². The van der Waals surface area contributed by atoms with Gasteiger partial charge in [0.25, 0.3) is 0 Å². The number of pyridine rings is 1. The molecule has 45 heavy (non-hydrogen) atoms. The molecule has 10 nitrogen and oxygen atoms in total. The van der Waals surface area contributed by atoms with Crippen LogP contribution in [0.3, 0.4) is 0 Å². The zero-order valence-corrected chi connectivity index (χ0v) is 25.5. The van der Waals surface area contributed by atoms with E-state index in [1.165, 1.54) is 11.1 Å². The Morgan fingerprint density at radius 2 is 1.80 bits per heavy atom. The number of likely N-dealkylation sites (tertiary alicyclic amines) is 1. The Morgan fingerprint density at radius 3 is 2.44 bits per heavy atom. The van der Waals surface area contributed by atoms with Gasteiger partial charge in [0.2, 0.25) is 18.7 Å². The van der Waals surface area contributed by atoms with Gasteiger partial charge in [-0.05, 0) is 68.0 Å². The third-order valence-electron chi connectivity index (χ3n) is 7.50. The van der Waals surface area contributed by atoms with Crippen molar-refractivity contribution in [2.75, 3.05) is 13.1 Å². The summed E-state index contributed by atoms with van der Waals surface area (Å²) >= 11 is 0. The summed E-state index contributed by atoms with van der Waals surface area (Å²) in [7, 11) is 0. The Kier molecular flexibility index (Phi) is 12.7. The van der Waals surface area contributed by atoms with Gasteiger partial charge < -0.3 is 30.7 Å². The standard InChI is InChI=1S/C15H14O.C9H9N3O.C8H14N2O2.CH2F2O/c1-10-7-8-14-12(9-10)11-5-3-4-6-13(11)15(14,2)16;13-6-11-5-8-3-7-4-10-2-1-9(7)12-8;1-7-3-2-4-10(7)8(12)5-9-6-11;2-1(3)4/h3-9,16H,1-2H3;1-4,6,12H,5H2,(H,11,13);6-7H,2-5H2,1H3,(H,9,11);1,4H. The number of hydrogen-bond donors (Lipinski definition) is 5. The van der Waals surface area contributed by atoms with Crippen LogP contribution in [0.1, 0.15) is 49.1 Å². The predicted octanol–water partition coefficient (Wildman–Crippen LogP) is 3.98. The van der Waals surface area contributed by atoms with Gasteiger partial charge in [-0.1, -0.05) is 48.0 Å².